The zero-order valence-corrected chi connectivity index (χ0v) is 11.6. The van der Waals surface area contributed by atoms with E-state index < -0.39 is 0 Å². The fourth-order valence-corrected chi connectivity index (χ4v) is 2.57. The Labute approximate surface area is 121 Å². The number of aromatic amines is 1. The minimum atomic E-state index is -0.287. The fourth-order valence-electron chi connectivity index (χ4n) is 2.57. The van der Waals surface area contributed by atoms with Gasteiger partial charge in [-0.05, 0) is 24.8 Å². The number of carbonyl (C=O) groups excluding carboxylic acids is 1. The molecule has 2 heterocycles. The van der Waals surface area contributed by atoms with E-state index in [1.807, 2.05) is 0 Å². The predicted octanol–water partition coefficient (Wildman–Crippen LogP) is 1.08. The van der Waals surface area contributed by atoms with Crippen LogP contribution in [0.1, 0.15) is 23.3 Å². The van der Waals surface area contributed by atoms with Gasteiger partial charge in [-0.2, -0.15) is 5.10 Å². The van der Waals surface area contributed by atoms with E-state index in [0.717, 1.165) is 26.1 Å². The van der Waals surface area contributed by atoms with Gasteiger partial charge < -0.3 is 10.1 Å². The van der Waals surface area contributed by atoms with Gasteiger partial charge in [0.25, 0.3) is 11.5 Å². The van der Waals surface area contributed by atoms with Crippen LogP contribution in [0, 0.1) is 5.92 Å². The highest BCUT2D eigenvalue weighted by molar-refractivity contribution is 6.04. The number of nitrogens with one attached hydrogen (secondary N) is 2. The number of carbonyl (C=O) groups is 1. The standard InChI is InChI=1S/C15H17N3O3/c19-14-12-4-2-1-3-11(12)13(17-18-14)15(20)16-7-5-10-6-8-21-9-10/h1-4,10H,5-9H2,(H,16,20)(H,18,19). The van der Waals surface area contributed by atoms with Crippen LogP contribution in [0.5, 0.6) is 0 Å². The Morgan fingerprint density at radius 2 is 2.19 bits per heavy atom. The van der Waals surface area contributed by atoms with Crippen molar-refractivity contribution in [2.45, 2.75) is 12.8 Å². The molecule has 0 aliphatic carbocycles. The minimum Gasteiger partial charge on any atom is -0.381 e. The number of ether oxygens (including phenoxy) is 1. The molecule has 1 aliphatic rings. The molecule has 2 N–H and O–H groups in total. The molecule has 1 saturated heterocycles. The maximum atomic E-state index is 12.2. The molecule has 0 spiro atoms. The van der Waals surface area contributed by atoms with E-state index in [0.29, 0.717) is 23.2 Å². The molecule has 1 aliphatic heterocycles. The van der Waals surface area contributed by atoms with Gasteiger partial charge in [0.05, 0.1) is 5.39 Å². The van der Waals surface area contributed by atoms with Gasteiger partial charge in [-0.25, -0.2) is 5.10 Å². The van der Waals surface area contributed by atoms with Gasteiger partial charge in [0.15, 0.2) is 5.69 Å². The summed E-state index contributed by atoms with van der Waals surface area (Å²) in [5, 5.41) is 10.2. The van der Waals surface area contributed by atoms with Crippen LogP contribution < -0.4 is 10.9 Å². The lowest BCUT2D eigenvalue weighted by Crippen LogP contribution is -2.28. The van der Waals surface area contributed by atoms with Gasteiger partial charge >= 0.3 is 0 Å². The first kappa shape index (κ1) is 13.8. The smallest absolute Gasteiger partial charge is 0.272 e. The molecule has 21 heavy (non-hydrogen) atoms. The van der Waals surface area contributed by atoms with E-state index in [1.54, 1.807) is 24.3 Å². The molecule has 6 nitrogen and oxygen atoms in total. The van der Waals surface area contributed by atoms with Crippen LogP contribution in [-0.4, -0.2) is 35.9 Å². The molecule has 0 saturated carbocycles. The molecule has 0 radical (unpaired) electrons. The summed E-state index contributed by atoms with van der Waals surface area (Å²) >= 11 is 0. The van der Waals surface area contributed by atoms with Crippen molar-refractivity contribution in [1.82, 2.24) is 15.5 Å². The second-order valence-corrected chi connectivity index (χ2v) is 5.22. The highest BCUT2D eigenvalue weighted by Crippen LogP contribution is 2.16. The van der Waals surface area contributed by atoms with Crippen molar-refractivity contribution in [3.8, 4) is 0 Å². The summed E-state index contributed by atoms with van der Waals surface area (Å²) in [6.07, 6.45) is 1.95. The van der Waals surface area contributed by atoms with Gasteiger partial charge in [-0.1, -0.05) is 18.2 Å². The van der Waals surface area contributed by atoms with E-state index in [4.69, 9.17) is 4.74 Å². The molecule has 1 atom stereocenters. The van der Waals surface area contributed by atoms with Crippen molar-refractivity contribution in [3.05, 3.63) is 40.3 Å². The Hall–Kier alpha value is -2.21. The third kappa shape index (κ3) is 2.95. The second-order valence-electron chi connectivity index (χ2n) is 5.22. The Bertz CT molecular complexity index is 705. The summed E-state index contributed by atoms with van der Waals surface area (Å²) in [6.45, 7) is 2.17. The van der Waals surface area contributed by atoms with Gasteiger partial charge in [0.1, 0.15) is 0 Å². The average Bonchev–Trinajstić information content (AvgIpc) is 3.01. The van der Waals surface area contributed by atoms with E-state index in [-0.39, 0.29) is 17.2 Å². The fraction of sp³-hybridized carbons (Fsp3) is 0.400. The average molecular weight is 287 g/mol. The number of amides is 1. The van der Waals surface area contributed by atoms with E-state index in [2.05, 4.69) is 15.5 Å². The van der Waals surface area contributed by atoms with Crippen molar-refractivity contribution in [2.24, 2.45) is 5.92 Å². The SMILES string of the molecule is O=C(NCCC1CCOC1)c1n[nH]c(=O)c2ccccc12. The van der Waals surface area contributed by atoms with Crippen LogP contribution in [0.15, 0.2) is 29.1 Å². The summed E-state index contributed by atoms with van der Waals surface area (Å²) < 4.78 is 5.31. The molecular weight excluding hydrogens is 270 g/mol. The van der Waals surface area contributed by atoms with Crippen LogP contribution >= 0.6 is 0 Å². The van der Waals surface area contributed by atoms with Crippen molar-refractivity contribution in [2.75, 3.05) is 19.8 Å². The quantitative estimate of drug-likeness (QED) is 0.881. The van der Waals surface area contributed by atoms with E-state index in [9.17, 15) is 9.59 Å². The second kappa shape index (κ2) is 6.05. The Morgan fingerprint density at radius 3 is 2.95 bits per heavy atom. The van der Waals surface area contributed by atoms with E-state index >= 15 is 0 Å². The Morgan fingerprint density at radius 1 is 1.38 bits per heavy atom. The topological polar surface area (TPSA) is 84.1 Å². The molecular formula is C15H17N3O3. The summed E-state index contributed by atoms with van der Waals surface area (Å²) in [7, 11) is 0. The monoisotopic (exact) mass is 287 g/mol. The molecule has 3 rings (SSSR count). The number of aromatic nitrogens is 2. The molecule has 2 aromatic rings. The third-order valence-electron chi connectivity index (χ3n) is 3.77. The number of rotatable bonds is 4. The van der Waals surface area contributed by atoms with Gasteiger partial charge in [-0.15, -0.1) is 0 Å². The Kier molecular flexibility index (Phi) is 3.96. The molecule has 6 heteroatoms. The Balaban J connectivity index is 1.72. The lowest BCUT2D eigenvalue weighted by Gasteiger charge is -2.09. The normalized spacial score (nSPS) is 18.0. The molecule has 0 bridgehead atoms. The van der Waals surface area contributed by atoms with E-state index in [1.165, 1.54) is 0 Å². The van der Waals surface area contributed by atoms with Crippen molar-refractivity contribution < 1.29 is 9.53 Å². The first-order valence-electron chi connectivity index (χ1n) is 7.09. The van der Waals surface area contributed by atoms with Crippen molar-refractivity contribution >= 4 is 16.7 Å². The van der Waals surface area contributed by atoms with Crippen LogP contribution in [0.3, 0.4) is 0 Å². The maximum Gasteiger partial charge on any atom is 0.272 e. The van der Waals surface area contributed by atoms with Crippen LogP contribution in [0.4, 0.5) is 0 Å². The first-order chi connectivity index (χ1) is 10.3. The van der Waals surface area contributed by atoms with Crippen molar-refractivity contribution in [1.29, 1.82) is 0 Å². The van der Waals surface area contributed by atoms with Crippen molar-refractivity contribution in [3.63, 3.8) is 0 Å². The lowest BCUT2D eigenvalue weighted by molar-refractivity contribution is 0.0946. The summed E-state index contributed by atoms with van der Waals surface area (Å²) in [5.41, 5.74) is -0.0295. The molecule has 1 unspecified atom stereocenters. The van der Waals surface area contributed by atoms with Crippen LogP contribution in [0.25, 0.3) is 10.8 Å². The van der Waals surface area contributed by atoms with Gasteiger partial charge in [-0.3, -0.25) is 9.59 Å². The first-order valence-corrected chi connectivity index (χ1v) is 7.09. The number of fused-ring (bicyclic) bond motifs is 1. The minimum absolute atomic E-state index is 0.257. The summed E-state index contributed by atoms with van der Waals surface area (Å²) in [4.78, 5) is 23.9. The zero-order valence-electron chi connectivity index (χ0n) is 11.6. The summed E-state index contributed by atoms with van der Waals surface area (Å²) in [6, 6.07) is 6.97. The van der Waals surface area contributed by atoms with Gasteiger partial charge in [0.2, 0.25) is 0 Å². The number of H-pyrrole nitrogens is 1. The highest BCUT2D eigenvalue weighted by atomic mass is 16.5. The lowest BCUT2D eigenvalue weighted by atomic mass is 10.1. The number of benzene rings is 1. The molecule has 1 aromatic carbocycles. The highest BCUT2D eigenvalue weighted by Gasteiger charge is 2.17. The van der Waals surface area contributed by atoms with Crippen LogP contribution in [0.2, 0.25) is 0 Å². The summed E-state index contributed by atoms with van der Waals surface area (Å²) in [5.74, 6) is 0.256. The third-order valence-corrected chi connectivity index (χ3v) is 3.77. The molecule has 1 fully saturated rings. The molecule has 110 valence electrons. The number of nitrogens with zero attached hydrogens (tertiary/aromatic N) is 1. The largest absolute Gasteiger partial charge is 0.381 e. The van der Waals surface area contributed by atoms with Gasteiger partial charge in [0, 0.05) is 25.1 Å². The molecule has 1 amide bonds. The predicted molar refractivity (Wildman–Crippen MR) is 78.2 cm³/mol. The maximum absolute atomic E-state index is 12.2. The number of hydrogen-bond acceptors (Lipinski definition) is 4. The zero-order chi connectivity index (χ0) is 14.7. The van der Waals surface area contributed by atoms with Crippen LogP contribution in [-0.2, 0) is 4.74 Å². The molecule has 1 aromatic heterocycles. The number of hydrogen-bond donors (Lipinski definition) is 2.